The van der Waals surface area contributed by atoms with Gasteiger partial charge in [-0.05, 0) is 36.6 Å². The molecule has 0 saturated heterocycles. The number of rotatable bonds is 3. The van der Waals surface area contributed by atoms with Gasteiger partial charge in [-0.1, -0.05) is 54.1 Å². The third-order valence-electron chi connectivity index (χ3n) is 3.91. The van der Waals surface area contributed by atoms with Gasteiger partial charge in [0, 0.05) is 17.3 Å². The van der Waals surface area contributed by atoms with Crippen molar-refractivity contribution in [3.05, 3.63) is 77.5 Å². The van der Waals surface area contributed by atoms with Gasteiger partial charge >= 0.3 is 0 Å². The Balaban J connectivity index is 2.29. The van der Waals surface area contributed by atoms with Gasteiger partial charge in [0.1, 0.15) is 0 Å². The van der Waals surface area contributed by atoms with Crippen molar-refractivity contribution in [3.63, 3.8) is 0 Å². The van der Waals surface area contributed by atoms with Crippen LogP contribution in [0.1, 0.15) is 16.7 Å². The highest BCUT2D eigenvalue weighted by molar-refractivity contribution is 5.84. The van der Waals surface area contributed by atoms with Crippen molar-refractivity contribution in [2.45, 2.75) is 20.5 Å². The molecule has 0 bridgehead atoms. The minimum Gasteiger partial charge on any atom is -0.392 e. The number of aliphatic hydroxyl groups is 1. The monoisotopic (exact) mass is 289 g/mol. The fourth-order valence-electron chi connectivity index (χ4n) is 2.84. The maximum absolute atomic E-state index is 9.77. The maximum atomic E-state index is 9.77. The predicted molar refractivity (Wildman–Crippen MR) is 90.5 cm³/mol. The summed E-state index contributed by atoms with van der Waals surface area (Å²) in [5.41, 5.74) is 7.46. The summed E-state index contributed by atoms with van der Waals surface area (Å²) < 4.78 is 0. The van der Waals surface area contributed by atoms with Crippen LogP contribution in [-0.4, -0.2) is 10.1 Å². The van der Waals surface area contributed by atoms with E-state index in [1.54, 1.807) is 6.20 Å². The predicted octanol–water partition coefficient (Wildman–Crippen LogP) is 4.52. The highest BCUT2D eigenvalue weighted by Gasteiger charge is 2.15. The molecule has 3 rings (SSSR count). The van der Waals surface area contributed by atoms with Gasteiger partial charge in [-0.3, -0.25) is 4.98 Å². The summed E-state index contributed by atoms with van der Waals surface area (Å²) in [7, 11) is 0. The summed E-state index contributed by atoms with van der Waals surface area (Å²) in [5.74, 6) is 0. The Hall–Kier alpha value is -2.45. The minimum atomic E-state index is 0.00496. The van der Waals surface area contributed by atoms with E-state index >= 15 is 0 Å². The number of pyridine rings is 1. The molecular formula is C20H19NO. The lowest BCUT2D eigenvalue weighted by Crippen LogP contribution is -1.97. The van der Waals surface area contributed by atoms with E-state index in [1.807, 2.05) is 24.3 Å². The van der Waals surface area contributed by atoms with Gasteiger partial charge in [-0.2, -0.15) is 0 Å². The Morgan fingerprint density at radius 3 is 2.41 bits per heavy atom. The molecule has 0 aliphatic heterocycles. The van der Waals surface area contributed by atoms with E-state index in [-0.39, 0.29) is 6.61 Å². The Kier molecular flexibility index (Phi) is 4.03. The third-order valence-corrected chi connectivity index (χ3v) is 3.91. The average Bonchev–Trinajstić information content (AvgIpc) is 2.55. The van der Waals surface area contributed by atoms with Crippen LogP contribution in [0.4, 0.5) is 0 Å². The van der Waals surface area contributed by atoms with E-state index in [2.05, 4.69) is 49.2 Å². The van der Waals surface area contributed by atoms with E-state index in [9.17, 15) is 5.11 Å². The zero-order valence-electron chi connectivity index (χ0n) is 12.9. The summed E-state index contributed by atoms with van der Waals surface area (Å²) in [6.07, 6.45) is 1.76. The Morgan fingerprint density at radius 1 is 0.955 bits per heavy atom. The second-order valence-electron chi connectivity index (χ2n) is 5.54. The van der Waals surface area contributed by atoms with Crippen LogP contribution in [-0.2, 0) is 6.61 Å². The smallest absolute Gasteiger partial charge is 0.0784 e. The number of aromatic nitrogens is 1. The number of hydrogen-bond acceptors (Lipinski definition) is 2. The molecule has 1 N–H and O–H groups in total. The lowest BCUT2D eigenvalue weighted by Gasteiger charge is -2.15. The van der Waals surface area contributed by atoms with Crippen molar-refractivity contribution in [1.82, 2.24) is 4.98 Å². The molecule has 22 heavy (non-hydrogen) atoms. The second kappa shape index (κ2) is 6.12. The highest BCUT2D eigenvalue weighted by atomic mass is 16.3. The first kappa shape index (κ1) is 14.5. The fourth-order valence-corrected chi connectivity index (χ4v) is 2.84. The maximum Gasteiger partial charge on any atom is 0.0784 e. The normalized spacial score (nSPS) is 10.7. The largest absolute Gasteiger partial charge is 0.392 e. The van der Waals surface area contributed by atoms with Crippen molar-refractivity contribution >= 4 is 0 Å². The number of nitrogens with zero attached hydrogens (tertiary/aromatic N) is 1. The van der Waals surface area contributed by atoms with Crippen LogP contribution in [0.3, 0.4) is 0 Å². The van der Waals surface area contributed by atoms with E-state index in [1.165, 1.54) is 11.1 Å². The Morgan fingerprint density at radius 2 is 1.73 bits per heavy atom. The molecule has 0 saturated carbocycles. The summed E-state index contributed by atoms with van der Waals surface area (Å²) in [4.78, 5) is 4.59. The Labute approximate surface area is 131 Å². The molecule has 0 atom stereocenters. The zero-order chi connectivity index (χ0) is 15.5. The van der Waals surface area contributed by atoms with Gasteiger partial charge in [0.05, 0.1) is 12.3 Å². The molecule has 110 valence electrons. The number of hydrogen-bond donors (Lipinski definition) is 1. The highest BCUT2D eigenvalue weighted by Crippen LogP contribution is 2.35. The van der Waals surface area contributed by atoms with Crippen LogP contribution in [0, 0.1) is 13.8 Å². The molecule has 0 unspecified atom stereocenters. The summed E-state index contributed by atoms with van der Waals surface area (Å²) in [6, 6.07) is 18.4. The first-order valence-corrected chi connectivity index (χ1v) is 7.42. The summed E-state index contributed by atoms with van der Waals surface area (Å²) in [6.45, 7) is 4.20. The molecule has 3 aromatic rings. The molecule has 1 heterocycles. The lowest BCUT2D eigenvalue weighted by molar-refractivity contribution is 0.282. The third kappa shape index (κ3) is 2.66. The van der Waals surface area contributed by atoms with Crippen LogP contribution in [0.2, 0.25) is 0 Å². The zero-order valence-corrected chi connectivity index (χ0v) is 12.9. The van der Waals surface area contributed by atoms with Crippen molar-refractivity contribution in [2.75, 3.05) is 0 Å². The molecule has 2 nitrogen and oxygen atoms in total. The molecule has 2 aromatic carbocycles. The van der Waals surface area contributed by atoms with E-state index in [0.29, 0.717) is 0 Å². The van der Waals surface area contributed by atoms with Gasteiger partial charge < -0.3 is 5.11 Å². The first-order valence-electron chi connectivity index (χ1n) is 7.42. The molecule has 1 aromatic heterocycles. The van der Waals surface area contributed by atoms with Gasteiger partial charge in [0.15, 0.2) is 0 Å². The molecular weight excluding hydrogens is 270 g/mol. The quantitative estimate of drug-likeness (QED) is 0.768. The SMILES string of the molecule is Cc1ccc(-c2c(CO)ccnc2-c2ccccc2)c(C)c1. The molecule has 0 radical (unpaired) electrons. The van der Waals surface area contributed by atoms with Crippen molar-refractivity contribution < 1.29 is 5.11 Å². The lowest BCUT2D eigenvalue weighted by atomic mass is 9.91. The van der Waals surface area contributed by atoms with Crippen LogP contribution in [0.5, 0.6) is 0 Å². The molecule has 0 fully saturated rings. The summed E-state index contributed by atoms with van der Waals surface area (Å²) >= 11 is 0. The van der Waals surface area contributed by atoms with Gasteiger partial charge in [-0.25, -0.2) is 0 Å². The number of aryl methyl sites for hydroxylation is 2. The molecule has 0 spiro atoms. The van der Waals surface area contributed by atoms with Crippen LogP contribution >= 0.6 is 0 Å². The van der Waals surface area contributed by atoms with E-state index in [4.69, 9.17) is 0 Å². The van der Waals surface area contributed by atoms with Crippen molar-refractivity contribution in [2.24, 2.45) is 0 Å². The van der Waals surface area contributed by atoms with E-state index < -0.39 is 0 Å². The Bertz CT molecular complexity index is 794. The summed E-state index contributed by atoms with van der Waals surface area (Å²) in [5, 5.41) is 9.77. The standard InChI is InChI=1S/C20H19NO/c1-14-8-9-18(15(2)12-14)19-17(13-22)10-11-21-20(19)16-6-4-3-5-7-16/h3-12,22H,13H2,1-2H3. The average molecular weight is 289 g/mol. The first-order chi connectivity index (χ1) is 10.7. The molecule has 0 amide bonds. The van der Waals surface area contributed by atoms with Crippen molar-refractivity contribution in [1.29, 1.82) is 0 Å². The van der Waals surface area contributed by atoms with Crippen LogP contribution in [0.25, 0.3) is 22.4 Å². The number of benzene rings is 2. The number of aliphatic hydroxyl groups excluding tert-OH is 1. The van der Waals surface area contributed by atoms with Crippen molar-refractivity contribution in [3.8, 4) is 22.4 Å². The molecule has 0 aliphatic rings. The topological polar surface area (TPSA) is 33.1 Å². The van der Waals surface area contributed by atoms with Crippen LogP contribution in [0.15, 0.2) is 60.8 Å². The second-order valence-corrected chi connectivity index (χ2v) is 5.54. The van der Waals surface area contributed by atoms with Gasteiger partial charge in [-0.15, -0.1) is 0 Å². The fraction of sp³-hybridized carbons (Fsp3) is 0.150. The minimum absolute atomic E-state index is 0.00496. The van der Waals surface area contributed by atoms with Gasteiger partial charge in [0.25, 0.3) is 0 Å². The molecule has 2 heteroatoms. The molecule has 0 aliphatic carbocycles. The van der Waals surface area contributed by atoms with Crippen LogP contribution < -0.4 is 0 Å². The van der Waals surface area contributed by atoms with Gasteiger partial charge in [0.2, 0.25) is 0 Å². The van der Waals surface area contributed by atoms with E-state index in [0.717, 1.165) is 27.9 Å².